The molecule has 2 aromatic heterocycles. The fourth-order valence-corrected chi connectivity index (χ4v) is 2.85. The number of nitrogens with zero attached hydrogens (tertiary/aromatic N) is 3. The number of rotatable bonds is 2. The molecule has 0 spiro atoms. The third kappa shape index (κ3) is 2.27. The maximum absolute atomic E-state index is 5.92. The molecule has 0 aromatic carbocycles. The van der Waals surface area contributed by atoms with Crippen LogP contribution in [0.3, 0.4) is 0 Å². The van der Waals surface area contributed by atoms with Crippen LogP contribution in [-0.2, 0) is 0 Å². The Kier molecular flexibility index (Phi) is 3.07. The summed E-state index contributed by atoms with van der Waals surface area (Å²) >= 11 is 5.92. The quantitative estimate of drug-likeness (QED) is 0.819. The van der Waals surface area contributed by atoms with Crippen LogP contribution in [0, 0.1) is 5.92 Å². The summed E-state index contributed by atoms with van der Waals surface area (Å²) in [5.41, 5.74) is 0.682. The minimum absolute atomic E-state index is 0.248. The topological polar surface area (TPSA) is 66.5 Å². The van der Waals surface area contributed by atoms with Gasteiger partial charge in [-0.3, -0.25) is 5.10 Å². The molecule has 2 aromatic rings. The summed E-state index contributed by atoms with van der Waals surface area (Å²) in [5, 5.41) is 11.4. The lowest BCUT2D eigenvalue weighted by molar-refractivity contribution is 0.358. The largest absolute Gasteiger partial charge is 0.367 e. The minimum Gasteiger partial charge on any atom is -0.367 e. The molecule has 1 saturated carbocycles. The molecule has 6 heteroatoms. The van der Waals surface area contributed by atoms with Crippen molar-refractivity contribution in [3.8, 4) is 0 Å². The maximum Gasteiger partial charge on any atom is 0.226 e. The molecule has 0 bridgehead atoms. The molecule has 0 radical (unpaired) electrons. The van der Waals surface area contributed by atoms with Gasteiger partial charge in [0.15, 0.2) is 5.65 Å². The van der Waals surface area contributed by atoms with Crippen molar-refractivity contribution in [2.45, 2.75) is 38.6 Å². The van der Waals surface area contributed by atoms with Gasteiger partial charge in [0.25, 0.3) is 0 Å². The second-order valence-electron chi connectivity index (χ2n) is 5.09. The standard InChI is InChI=1S/C12H16ClN5/c1-7-3-2-4-8(5-7)15-10-9-6-14-18-11(9)17-12(13)16-10/h6-8H,2-5H2,1H3,(H2,14,15,16,17,18). The van der Waals surface area contributed by atoms with Gasteiger partial charge in [0.05, 0.1) is 11.6 Å². The number of aromatic nitrogens is 4. The average Bonchev–Trinajstić information content (AvgIpc) is 2.77. The number of hydrogen-bond acceptors (Lipinski definition) is 4. The Morgan fingerprint density at radius 3 is 3.11 bits per heavy atom. The van der Waals surface area contributed by atoms with Gasteiger partial charge < -0.3 is 5.32 Å². The molecule has 0 aliphatic heterocycles. The Morgan fingerprint density at radius 2 is 2.28 bits per heavy atom. The second-order valence-corrected chi connectivity index (χ2v) is 5.42. The first-order valence-corrected chi connectivity index (χ1v) is 6.73. The summed E-state index contributed by atoms with van der Waals surface area (Å²) in [5.74, 6) is 1.56. The van der Waals surface area contributed by atoms with Crippen molar-refractivity contribution >= 4 is 28.5 Å². The van der Waals surface area contributed by atoms with Gasteiger partial charge in [0, 0.05) is 6.04 Å². The van der Waals surface area contributed by atoms with Crippen LogP contribution in [0.25, 0.3) is 11.0 Å². The lowest BCUT2D eigenvalue weighted by atomic mass is 9.87. The average molecular weight is 266 g/mol. The smallest absolute Gasteiger partial charge is 0.226 e. The molecule has 2 unspecified atom stereocenters. The monoisotopic (exact) mass is 265 g/mol. The number of anilines is 1. The fourth-order valence-electron chi connectivity index (χ4n) is 2.68. The first-order chi connectivity index (χ1) is 8.72. The van der Waals surface area contributed by atoms with Crippen LogP contribution in [0.1, 0.15) is 32.6 Å². The predicted octanol–water partition coefficient (Wildman–Crippen LogP) is 3.00. The first-order valence-electron chi connectivity index (χ1n) is 6.35. The number of H-pyrrole nitrogens is 1. The highest BCUT2D eigenvalue weighted by Crippen LogP contribution is 2.28. The Labute approximate surface area is 110 Å². The van der Waals surface area contributed by atoms with E-state index in [1.54, 1.807) is 6.20 Å². The maximum atomic E-state index is 5.92. The molecule has 1 aliphatic carbocycles. The van der Waals surface area contributed by atoms with Gasteiger partial charge in [-0.2, -0.15) is 15.1 Å². The van der Waals surface area contributed by atoms with Crippen LogP contribution in [0.2, 0.25) is 5.28 Å². The zero-order valence-corrected chi connectivity index (χ0v) is 11.0. The normalized spacial score (nSPS) is 24.3. The second kappa shape index (κ2) is 4.72. The molecule has 3 rings (SSSR count). The lowest BCUT2D eigenvalue weighted by Gasteiger charge is -2.27. The number of fused-ring (bicyclic) bond motifs is 1. The van der Waals surface area contributed by atoms with Crippen molar-refractivity contribution in [3.63, 3.8) is 0 Å². The van der Waals surface area contributed by atoms with Gasteiger partial charge in [0.2, 0.25) is 5.28 Å². The SMILES string of the molecule is CC1CCCC(Nc2nc(Cl)nc3[nH]ncc23)C1. The Morgan fingerprint density at radius 1 is 1.39 bits per heavy atom. The van der Waals surface area contributed by atoms with Crippen LogP contribution in [-0.4, -0.2) is 26.2 Å². The summed E-state index contributed by atoms with van der Waals surface area (Å²) in [7, 11) is 0. The Bertz CT molecular complexity index is 552. The zero-order valence-electron chi connectivity index (χ0n) is 10.3. The van der Waals surface area contributed by atoms with E-state index in [0.717, 1.165) is 17.1 Å². The summed E-state index contributed by atoms with van der Waals surface area (Å²) in [6.07, 6.45) is 6.70. The van der Waals surface area contributed by atoms with E-state index in [1.165, 1.54) is 25.7 Å². The van der Waals surface area contributed by atoms with Crippen molar-refractivity contribution in [2.75, 3.05) is 5.32 Å². The van der Waals surface area contributed by atoms with Crippen molar-refractivity contribution in [1.82, 2.24) is 20.2 Å². The summed E-state index contributed by atoms with van der Waals surface area (Å²) < 4.78 is 0. The first kappa shape index (κ1) is 11.7. The zero-order chi connectivity index (χ0) is 12.5. The summed E-state index contributed by atoms with van der Waals surface area (Å²) in [4.78, 5) is 8.38. The highest BCUT2D eigenvalue weighted by Gasteiger charge is 2.20. The number of halogens is 1. The highest BCUT2D eigenvalue weighted by molar-refractivity contribution is 6.28. The van der Waals surface area contributed by atoms with Gasteiger partial charge in [-0.15, -0.1) is 0 Å². The number of aromatic amines is 1. The predicted molar refractivity (Wildman–Crippen MR) is 71.7 cm³/mol. The molecular weight excluding hydrogens is 250 g/mol. The van der Waals surface area contributed by atoms with Crippen molar-refractivity contribution in [3.05, 3.63) is 11.5 Å². The van der Waals surface area contributed by atoms with Gasteiger partial charge >= 0.3 is 0 Å². The molecule has 1 aliphatic rings. The van der Waals surface area contributed by atoms with Crippen molar-refractivity contribution in [2.24, 2.45) is 5.92 Å². The Balaban J connectivity index is 1.87. The van der Waals surface area contributed by atoms with Crippen LogP contribution < -0.4 is 5.32 Å². The molecule has 5 nitrogen and oxygen atoms in total. The van der Waals surface area contributed by atoms with Crippen molar-refractivity contribution in [1.29, 1.82) is 0 Å². The third-order valence-corrected chi connectivity index (χ3v) is 3.73. The molecule has 2 heterocycles. The van der Waals surface area contributed by atoms with Gasteiger partial charge in [-0.25, -0.2) is 0 Å². The van der Waals surface area contributed by atoms with E-state index in [0.29, 0.717) is 11.7 Å². The number of hydrogen-bond donors (Lipinski definition) is 2. The van der Waals surface area contributed by atoms with Gasteiger partial charge in [-0.05, 0) is 30.4 Å². The molecule has 2 atom stereocenters. The molecule has 0 saturated heterocycles. The van der Waals surface area contributed by atoms with E-state index < -0.39 is 0 Å². The minimum atomic E-state index is 0.248. The van der Waals surface area contributed by atoms with Crippen LogP contribution in [0.4, 0.5) is 5.82 Å². The van der Waals surface area contributed by atoms with Crippen LogP contribution in [0.15, 0.2) is 6.20 Å². The molecule has 0 amide bonds. The van der Waals surface area contributed by atoms with Crippen LogP contribution >= 0.6 is 11.6 Å². The van der Waals surface area contributed by atoms with E-state index in [9.17, 15) is 0 Å². The van der Waals surface area contributed by atoms with Gasteiger partial charge in [-0.1, -0.05) is 19.8 Å². The van der Waals surface area contributed by atoms with Gasteiger partial charge in [0.1, 0.15) is 5.82 Å². The fraction of sp³-hybridized carbons (Fsp3) is 0.583. The van der Waals surface area contributed by atoms with Crippen molar-refractivity contribution < 1.29 is 0 Å². The highest BCUT2D eigenvalue weighted by atomic mass is 35.5. The van der Waals surface area contributed by atoms with E-state index >= 15 is 0 Å². The summed E-state index contributed by atoms with van der Waals surface area (Å²) in [6, 6.07) is 0.470. The van der Waals surface area contributed by atoms with E-state index in [2.05, 4.69) is 32.4 Å². The van der Waals surface area contributed by atoms with Crippen LogP contribution in [0.5, 0.6) is 0 Å². The number of nitrogens with one attached hydrogen (secondary N) is 2. The Hall–Kier alpha value is -1.36. The third-order valence-electron chi connectivity index (χ3n) is 3.56. The molecular formula is C12H16ClN5. The summed E-state index contributed by atoms with van der Waals surface area (Å²) in [6.45, 7) is 2.30. The lowest BCUT2D eigenvalue weighted by Crippen LogP contribution is -2.26. The van der Waals surface area contributed by atoms with E-state index in [4.69, 9.17) is 11.6 Å². The van der Waals surface area contributed by atoms with E-state index in [1.807, 2.05) is 0 Å². The van der Waals surface area contributed by atoms with E-state index in [-0.39, 0.29) is 5.28 Å². The molecule has 1 fully saturated rings. The molecule has 2 N–H and O–H groups in total. The molecule has 96 valence electrons. The molecule has 18 heavy (non-hydrogen) atoms.